The van der Waals surface area contributed by atoms with Crippen molar-refractivity contribution in [3.63, 3.8) is 0 Å². The minimum atomic E-state index is 0.683. The van der Waals surface area contributed by atoms with Crippen LogP contribution < -0.4 is 0 Å². The molecule has 10 aromatic rings. The van der Waals surface area contributed by atoms with Crippen molar-refractivity contribution < 1.29 is 0 Å². The normalized spacial score (nSPS) is 11.5. The third-order valence-corrected chi connectivity index (χ3v) is 9.94. The van der Waals surface area contributed by atoms with Crippen molar-refractivity contribution in [3.05, 3.63) is 182 Å². The molecule has 4 nitrogen and oxygen atoms in total. The Kier molecular flexibility index (Phi) is 7.10. The number of nitrogens with zero attached hydrogens (tertiary/aromatic N) is 4. The summed E-state index contributed by atoms with van der Waals surface area (Å²) in [6.45, 7) is 0. The number of hydrogen-bond donors (Lipinski definition) is 0. The summed E-state index contributed by atoms with van der Waals surface area (Å²) < 4.78 is 0. The summed E-state index contributed by atoms with van der Waals surface area (Å²) in [6, 6.07) is 59.5. The van der Waals surface area contributed by atoms with Crippen LogP contribution in [0.15, 0.2) is 182 Å². The van der Waals surface area contributed by atoms with E-state index in [4.69, 9.17) is 19.9 Å². The Morgan fingerprint density at radius 2 is 0.750 bits per heavy atom. The predicted molar refractivity (Wildman–Crippen MR) is 215 cm³/mol. The number of aromatic nitrogens is 4. The second kappa shape index (κ2) is 12.4. The van der Waals surface area contributed by atoms with Crippen LogP contribution in [0.5, 0.6) is 0 Å². The topological polar surface area (TPSA) is 51.6 Å². The summed E-state index contributed by atoms with van der Waals surface area (Å²) in [4.78, 5) is 20.4. The van der Waals surface area contributed by atoms with Gasteiger partial charge in [-0.3, -0.25) is 9.97 Å². The number of pyridine rings is 2. The fourth-order valence-electron chi connectivity index (χ4n) is 7.48. The maximum atomic E-state index is 5.38. The van der Waals surface area contributed by atoms with E-state index in [9.17, 15) is 0 Å². The Hall–Kier alpha value is -7.04. The molecule has 0 spiro atoms. The van der Waals surface area contributed by atoms with Gasteiger partial charge in [0.05, 0.1) is 22.4 Å². The molecule has 0 bridgehead atoms. The van der Waals surface area contributed by atoms with E-state index in [1.807, 2.05) is 24.5 Å². The second-order valence-corrected chi connectivity index (χ2v) is 13.1. The lowest BCUT2D eigenvalue weighted by Crippen LogP contribution is -1.98. The van der Waals surface area contributed by atoms with Crippen LogP contribution in [-0.4, -0.2) is 19.9 Å². The first-order chi connectivity index (χ1) is 25.8. The zero-order valence-corrected chi connectivity index (χ0v) is 28.1. The smallest absolute Gasteiger partial charge is 0.161 e. The fourth-order valence-corrected chi connectivity index (χ4v) is 7.48. The molecule has 0 unspecified atom stereocenters. The fraction of sp³-hybridized carbons (Fsp3) is 0. The van der Waals surface area contributed by atoms with Crippen molar-refractivity contribution in [3.8, 4) is 56.2 Å². The Labute approximate surface area is 300 Å². The lowest BCUT2D eigenvalue weighted by Gasteiger charge is -2.15. The average molecular weight is 663 g/mol. The third kappa shape index (κ3) is 5.17. The molecule has 0 aliphatic rings. The quantitative estimate of drug-likeness (QED) is 0.184. The summed E-state index contributed by atoms with van der Waals surface area (Å²) >= 11 is 0. The van der Waals surface area contributed by atoms with Crippen LogP contribution >= 0.6 is 0 Å². The molecule has 4 heteroatoms. The van der Waals surface area contributed by atoms with Gasteiger partial charge < -0.3 is 0 Å². The molecule has 0 radical (unpaired) electrons. The van der Waals surface area contributed by atoms with Gasteiger partial charge in [-0.1, -0.05) is 133 Å². The van der Waals surface area contributed by atoms with E-state index in [-0.39, 0.29) is 0 Å². The van der Waals surface area contributed by atoms with Crippen molar-refractivity contribution in [1.82, 2.24) is 19.9 Å². The number of hydrogen-bond acceptors (Lipinski definition) is 4. The maximum Gasteiger partial charge on any atom is 0.161 e. The van der Waals surface area contributed by atoms with Crippen LogP contribution in [0.1, 0.15) is 0 Å². The first-order valence-electron chi connectivity index (χ1n) is 17.5. The van der Waals surface area contributed by atoms with Gasteiger partial charge in [0, 0.05) is 51.0 Å². The van der Waals surface area contributed by atoms with Gasteiger partial charge in [0.2, 0.25) is 0 Å². The zero-order valence-electron chi connectivity index (χ0n) is 28.1. The van der Waals surface area contributed by atoms with Gasteiger partial charge in [0.25, 0.3) is 0 Å². The van der Waals surface area contributed by atoms with E-state index in [2.05, 4.69) is 158 Å². The van der Waals surface area contributed by atoms with E-state index >= 15 is 0 Å². The standard InChI is InChI=1S/C48H30N4/c1-3-19-38-31(11-1)13-5-23-42(38)45-30-44(51-48(52-45)43-24-6-14-32-12-2-4-20-39(32)43)37-28-35(40-21-7-15-33-17-9-25-49-46(33)40)27-36(29-37)41-22-8-16-34-18-10-26-50-47(34)41/h1-30H. The Balaban J connectivity index is 1.28. The summed E-state index contributed by atoms with van der Waals surface area (Å²) in [5.74, 6) is 0.683. The van der Waals surface area contributed by atoms with Crippen molar-refractivity contribution in [2.75, 3.05) is 0 Å². The Bertz CT molecular complexity index is 2560. The van der Waals surface area contributed by atoms with E-state index in [0.717, 1.165) is 88.3 Å². The summed E-state index contributed by atoms with van der Waals surface area (Å²) in [5.41, 5.74) is 10.9. The van der Waals surface area contributed by atoms with Crippen molar-refractivity contribution in [1.29, 1.82) is 0 Å². The molecule has 0 atom stereocenters. The molecule has 0 fully saturated rings. The molecule has 3 aromatic heterocycles. The van der Waals surface area contributed by atoms with Crippen LogP contribution in [0.25, 0.3) is 99.5 Å². The highest BCUT2D eigenvalue weighted by Gasteiger charge is 2.17. The molecular formula is C48H30N4. The summed E-state index contributed by atoms with van der Waals surface area (Å²) in [5, 5.41) is 6.77. The molecule has 0 N–H and O–H groups in total. The number of rotatable bonds is 5. The molecule has 3 heterocycles. The van der Waals surface area contributed by atoms with Crippen molar-refractivity contribution >= 4 is 43.4 Å². The van der Waals surface area contributed by atoms with E-state index < -0.39 is 0 Å². The molecule has 7 aromatic carbocycles. The van der Waals surface area contributed by atoms with E-state index in [1.165, 1.54) is 5.39 Å². The third-order valence-electron chi connectivity index (χ3n) is 9.94. The average Bonchev–Trinajstić information content (AvgIpc) is 3.22. The number of fused-ring (bicyclic) bond motifs is 4. The molecule has 52 heavy (non-hydrogen) atoms. The molecule has 0 amide bonds. The number of para-hydroxylation sites is 2. The van der Waals surface area contributed by atoms with E-state index in [1.54, 1.807) is 0 Å². The minimum absolute atomic E-state index is 0.683. The molecule has 242 valence electrons. The van der Waals surface area contributed by atoms with Crippen LogP contribution in [0.4, 0.5) is 0 Å². The molecule has 0 saturated heterocycles. The largest absolute Gasteiger partial charge is 0.256 e. The molecule has 0 saturated carbocycles. The van der Waals surface area contributed by atoms with Gasteiger partial charge in [0.1, 0.15) is 0 Å². The van der Waals surface area contributed by atoms with Crippen LogP contribution in [-0.2, 0) is 0 Å². The van der Waals surface area contributed by atoms with Gasteiger partial charge in [0.15, 0.2) is 5.82 Å². The monoisotopic (exact) mass is 662 g/mol. The lowest BCUT2D eigenvalue weighted by atomic mass is 9.92. The van der Waals surface area contributed by atoms with Gasteiger partial charge in [-0.05, 0) is 69.1 Å². The lowest BCUT2D eigenvalue weighted by molar-refractivity contribution is 1.19. The Morgan fingerprint density at radius 3 is 1.37 bits per heavy atom. The first-order valence-corrected chi connectivity index (χ1v) is 17.5. The summed E-state index contributed by atoms with van der Waals surface area (Å²) in [7, 11) is 0. The van der Waals surface area contributed by atoms with Crippen molar-refractivity contribution in [2.24, 2.45) is 0 Å². The highest BCUT2D eigenvalue weighted by Crippen LogP contribution is 2.39. The second-order valence-electron chi connectivity index (χ2n) is 13.1. The van der Waals surface area contributed by atoms with Crippen LogP contribution in [0.2, 0.25) is 0 Å². The van der Waals surface area contributed by atoms with Gasteiger partial charge in [-0.25, -0.2) is 9.97 Å². The van der Waals surface area contributed by atoms with Crippen LogP contribution in [0.3, 0.4) is 0 Å². The van der Waals surface area contributed by atoms with Gasteiger partial charge in [-0.15, -0.1) is 0 Å². The number of benzene rings is 7. The molecule has 10 rings (SSSR count). The Morgan fingerprint density at radius 1 is 0.308 bits per heavy atom. The first kappa shape index (κ1) is 29.8. The maximum absolute atomic E-state index is 5.38. The van der Waals surface area contributed by atoms with Crippen LogP contribution in [0, 0.1) is 0 Å². The minimum Gasteiger partial charge on any atom is -0.256 e. The molecular weight excluding hydrogens is 633 g/mol. The SMILES string of the molecule is c1ccc2c(-c3cc(-c4cc(-c5cccc6cccnc56)cc(-c5cccc6cccnc56)c4)nc(-c4cccc5ccccc45)n3)cccc2c1. The highest BCUT2D eigenvalue weighted by atomic mass is 14.9. The van der Waals surface area contributed by atoms with Gasteiger partial charge in [-0.2, -0.15) is 0 Å². The highest BCUT2D eigenvalue weighted by molar-refractivity contribution is 6.01. The molecule has 0 aliphatic heterocycles. The summed E-state index contributed by atoms with van der Waals surface area (Å²) in [6.07, 6.45) is 3.73. The van der Waals surface area contributed by atoms with E-state index in [0.29, 0.717) is 5.82 Å². The molecule has 0 aliphatic carbocycles. The van der Waals surface area contributed by atoms with Crippen molar-refractivity contribution in [2.45, 2.75) is 0 Å². The zero-order chi connectivity index (χ0) is 34.4. The van der Waals surface area contributed by atoms with Gasteiger partial charge >= 0.3 is 0 Å². The predicted octanol–water partition coefficient (Wildman–Crippen LogP) is 12.2.